The van der Waals surface area contributed by atoms with E-state index in [-0.39, 0.29) is 6.04 Å². The Morgan fingerprint density at radius 2 is 1.72 bits per heavy atom. The van der Waals surface area contributed by atoms with Crippen molar-refractivity contribution in [1.82, 2.24) is 4.90 Å². The summed E-state index contributed by atoms with van der Waals surface area (Å²) in [6.07, 6.45) is 0.971. The zero-order valence-electron chi connectivity index (χ0n) is 17.1. The first kappa shape index (κ1) is 19.8. The van der Waals surface area contributed by atoms with Crippen LogP contribution < -0.4 is 9.47 Å². The van der Waals surface area contributed by atoms with Gasteiger partial charge in [-0.3, -0.25) is 4.90 Å². The molecule has 4 rings (SSSR count). The number of rotatable bonds is 5. The second-order valence-corrected chi connectivity index (χ2v) is 8.01. The fraction of sp³-hybridized carbons (Fsp3) is 0.280. The van der Waals surface area contributed by atoms with Crippen LogP contribution in [0.25, 0.3) is 0 Å². The van der Waals surface area contributed by atoms with Gasteiger partial charge >= 0.3 is 0 Å². The fourth-order valence-electron chi connectivity index (χ4n) is 4.28. The molecule has 1 atom stereocenters. The molecule has 0 radical (unpaired) electrons. The molecule has 29 heavy (non-hydrogen) atoms. The Bertz CT molecular complexity index is 1020. The molecule has 1 heterocycles. The van der Waals surface area contributed by atoms with Gasteiger partial charge in [0.25, 0.3) is 0 Å². The van der Waals surface area contributed by atoms with Crippen LogP contribution in [0.15, 0.2) is 60.7 Å². The van der Waals surface area contributed by atoms with Gasteiger partial charge in [0.1, 0.15) is 0 Å². The van der Waals surface area contributed by atoms with Crippen LogP contribution in [0.1, 0.15) is 33.9 Å². The van der Waals surface area contributed by atoms with Crippen molar-refractivity contribution in [2.75, 3.05) is 20.8 Å². The van der Waals surface area contributed by atoms with Crippen molar-refractivity contribution in [2.45, 2.75) is 25.9 Å². The van der Waals surface area contributed by atoms with E-state index in [1.165, 1.54) is 27.8 Å². The quantitative estimate of drug-likeness (QED) is 0.532. The predicted octanol–water partition coefficient (Wildman–Crippen LogP) is 5.81. The molecule has 150 valence electrons. The van der Waals surface area contributed by atoms with Crippen LogP contribution in [0.3, 0.4) is 0 Å². The Hall–Kier alpha value is -2.49. The summed E-state index contributed by atoms with van der Waals surface area (Å²) in [5.41, 5.74) is 6.35. The van der Waals surface area contributed by atoms with Gasteiger partial charge in [-0.2, -0.15) is 0 Å². The van der Waals surface area contributed by atoms with E-state index >= 15 is 0 Å². The van der Waals surface area contributed by atoms with Gasteiger partial charge in [0.2, 0.25) is 0 Å². The maximum Gasteiger partial charge on any atom is 0.161 e. The zero-order valence-corrected chi connectivity index (χ0v) is 17.9. The van der Waals surface area contributed by atoms with Crippen LogP contribution in [-0.4, -0.2) is 25.7 Å². The van der Waals surface area contributed by atoms with Gasteiger partial charge in [-0.25, -0.2) is 0 Å². The number of benzene rings is 3. The topological polar surface area (TPSA) is 21.7 Å². The lowest BCUT2D eigenvalue weighted by molar-refractivity contribution is 0.203. The molecule has 0 N–H and O–H groups in total. The fourth-order valence-corrected chi connectivity index (χ4v) is 4.48. The Labute approximate surface area is 177 Å². The largest absolute Gasteiger partial charge is 0.493 e. The van der Waals surface area contributed by atoms with E-state index in [4.69, 9.17) is 21.1 Å². The van der Waals surface area contributed by atoms with Crippen LogP contribution in [0.4, 0.5) is 0 Å². The SMILES string of the molecule is COc1cc2c(cc1OC)[C@@H](c1cccc(Cl)c1)N(Cc1cccc(C)c1)CC2. The molecule has 0 saturated heterocycles. The Morgan fingerprint density at radius 1 is 0.966 bits per heavy atom. The number of fused-ring (bicyclic) bond motifs is 1. The van der Waals surface area contributed by atoms with Gasteiger partial charge in [-0.1, -0.05) is 53.6 Å². The van der Waals surface area contributed by atoms with Crippen molar-refractivity contribution < 1.29 is 9.47 Å². The number of halogens is 1. The van der Waals surface area contributed by atoms with Gasteiger partial charge < -0.3 is 9.47 Å². The number of aryl methyl sites for hydroxylation is 1. The summed E-state index contributed by atoms with van der Waals surface area (Å²) < 4.78 is 11.1. The highest BCUT2D eigenvalue weighted by molar-refractivity contribution is 6.30. The van der Waals surface area contributed by atoms with Crippen LogP contribution in [-0.2, 0) is 13.0 Å². The van der Waals surface area contributed by atoms with E-state index in [0.717, 1.165) is 36.0 Å². The van der Waals surface area contributed by atoms with Crippen molar-refractivity contribution in [3.63, 3.8) is 0 Å². The Balaban J connectivity index is 1.80. The minimum Gasteiger partial charge on any atom is -0.493 e. The third kappa shape index (κ3) is 4.12. The predicted molar refractivity (Wildman–Crippen MR) is 118 cm³/mol. The maximum atomic E-state index is 6.36. The highest BCUT2D eigenvalue weighted by atomic mass is 35.5. The molecule has 0 unspecified atom stereocenters. The molecular formula is C25H26ClNO2. The number of hydrogen-bond acceptors (Lipinski definition) is 3. The first-order valence-corrected chi connectivity index (χ1v) is 10.3. The summed E-state index contributed by atoms with van der Waals surface area (Å²) in [4.78, 5) is 2.52. The number of ether oxygens (including phenoxy) is 2. The van der Waals surface area contributed by atoms with E-state index in [0.29, 0.717) is 0 Å². The summed E-state index contributed by atoms with van der Waals surface area (Å²) in [5.74, 6) is 1.54. The molecule has 3 nitrogen and oxygen atoms in total. The molecule has 1 aliphatic rings. The van der Waals surface area contributed by atoms with Crippen LogP contribution in [0.5, 0.6) is 11.5 Å². The Morgan fingerprint density at radius 3 is 2.45 bits per heavy atom. The van der Waals surface area contributed by atoms with E-state index in [2.05, 4.69) is 60.4 Å². The average molecular weight is 408 g/mol. The standard InChI is InChI=1S/C25H26ClNO2/c1-17-6-4-7-18(12-17)16-27-11-10-19-14-23(28-2)24(29-3)15-22(19)25(27)20-8-5-9-21(26)13-20/h4-9,12-15,25H,10-11,16H2,1-3H3/t25-/m1/s1. The van der Waals surface area contributed by atoms with Gasteiger partial charge in [0, 0.05) is 18.1 Å². The van der Waals surface area contributed by atoms with Crippen LogP contribution in [0.2, 0.25) is 5.02 Å². The van der Waals surface area contributed by atoms with Gasteiger partial charge in [-0.15, -0.1) is 0 Å². The molecule has 0 fully saturated rings. The lowest BCUT2D eigenvalue weighted by atomic mass is 9.87. The van der Waals surface area contributed by atoms with Crippen molar-refractivity contribution in [3.8, 4) is 11.5 Å². The zero-order chi connectivity index (χ0) is 20.4. The monoisotopic (exact) mass is 407 g/mol. The van der Waals surface area contributed by atoms with Gasteiger partial charge in [0.05, 0.1) is 20.3 Å². The lowest BCUT2D eigenvalue weighted by Crippen LogP contribution is -2.35. The first-order chi connectivity index (χ1) is 14.1. The van der Waals surface area contributed by atoms with E-state index < -0.39 is 0 Å². The number of methoxy groups -OCH3 is 2. The second-order valence-electron chi connectivity index (χ2n) is 7.57. The second kappa shape index (κ2) is 8.48. The van der Waals surface area contributed by atoms with Crippen LogP contribution >= 0.6 is 11.6 Å². The summed E-state index contributed by atoms with van der Waals surface area (Å²) in [6, 6.07) is 21.3. The molecule has 1 aliphatic heterocycles. The first-order valence-electron chi connectivity index (χ1n) is 9.89. The summed E-state index contributed by atoms with van der Waals surface area (Å²) in [6.45, 7) is 3.99. The molecule has 3 aromatic carbocycles. The maximum absolute atomic E-state index is 6.36. The minimum absolute atomic E-state index is 0.109. The van der Waals surface area contributed by atoms with E-state index in [9.17, 15) is 0 Å². The third-order valence-electron chi connectivity index (χ3n) is 5.61. The lowest BCUT2D eigenvalue weighted by Gasteiger charge is -2.38. The smallest absolute Gasteiger partial charge is 0.161 e. The minimum atomic E-state index is 0.109. The highest BCUT2D eigenvalue weighted by Gasteiger charge is 2.30. The molecule has 3 aromatic rings. The normalized spacial score (nSPS) is 16.3. The molecule has 0 aliphatic carbocycles. The van der Waals surface area contributed by atoms with Crippen molar-refractivity contribution in [1.29, 1.82) is 0 Å². The van der Waals surface area contributed by atoms with Crippen molar-refractivity contribution in [3.05, 3.63) is 93.5 Å². The third-order valence-corrected chi connectivity index (χ3v) is 5.84. The Kier molecular flexibility index (Phi) is 5.79. The van der Waals surface area contributed by atoms with Gasteiger partial charge in [-0.05, 0) is 59.9 Å². The molecule has 0 spiro atoms. The van der Waals surface area contributed by atoms with E-state index in [1.54, 1.807) is 14.2 Å². The summed E-state index contributed by atoms with van der Waals surface area (Å²) >= 11 is 6.36. The molecule has 0 bridgehead atoms. The van der Waals surface area contributed by atoms with Gasteiger partial charge in [0.15, 0.2) is 11.5 Å². The van der Waals surface area contributed by atoms with Crippen molar-refractivity contribution in [2.24, 2.45) is 0 Å². The molecule has 0 aromatic heterocycles. The van der Waals surface area contributed by atoms with Crippen molar-refractivity contribution >= 4 is 11.6 Å². The number of nitrogens with zero attached hydrogens (tertiary/aromatic N) is 1. The van der Waals surface area contributed by atoms with Crippen LogP contribution in [0, 0.1) is 6.92 Å². The molecular weight excluding hydrogens is 382 g/mol. The molecule has 4 heteroatoms. The summed E-state index contributed by atoms with van der Waals surface area (Å²) in [5, 5.41) is 0.755. The average Bonchev–Trinajstić information content (AvgIpc) is 2.72. The van der Waals surface area contributed by atoms with E-state index in [1.807, 2.05) is 12.1 Å². The molecule has 0 saturated carbocycles. The highest BCUT2D eigenvalue weighted by Crippen LogP contribution is 2.41. The number of hydrogen-bond donors (Lipinski definition) is 0. The summed E-state index contributed by atoms with van der Waals surface area (Å²) in [7, 11) is 3.37. The molecule has 0 amide bonds.